The molecule has 23 heavy (non-hydrogen) atoms. The predicted molar refractivity (Wildman–Crippen MR) is 82.1 cm³/mol. The van der Waals surface area contributed by atoms with Gasteiger partial charge in [0.2, 0.25) is 0 Å². The lowest BCUT2D eigenvalue weighted by Crippen LogP contribution is -2.34. The van der Waals surface area contributed by atoms with E-state index in [1.54, 1.807) is 31.5 Å². The van der Waals surface area contributed by atoms with E-state index in [4.69, 9.17) is 4.74 Å². The maximum absolute atomic E-state index is 12.3. The van der Waals surface area contributed by atoms with E-state index in [9.17, 15) is 14.4 Å². The lowest BCUT2D eigenvalue weighted by Gasteiger charge is -2.28. The number of pyridine rings is 1. The molecule has 0 fully saturated rings. The number of nitrogens with one attached hydrogen (secondary N) is 3. The molecule has 1 aliphatic heterocycles. The number of hydrogen-bond acceptors (Lipinski definition) is 6. The lowest BCUT2D eigenvalue weighted by atomic mass is 9.83. The Balaban J connectivity index is 2.33. The zero-order valence-electron chi connectivity index (χ0n) is 12.5. The number of aromatic nitrogens is 3. The number of methoxy groups -OCH3 is 1. The van der Waals surface area contributed by atoms with Gasteiger partial charge in [0, 0.05) is 18.1 Å². The van der Waals surface area contributed by atoms with Crippen LogP contribution in [0.1, 0.15) is 24.0 Å². The molecule has 2 aromatic heterocycles. The summed E-state index contributed by atoms with van der Waals surface area (Å²) in [4.78, 5) is 44.8. The molecule has 0 amide bonds. The Morgan fingerprint density at radius 2 is 2.09 bits per heavy atom. The highest BCUT2D eigenvalue weighted by Crippen LogP contribution is 2.38. The molecule has 2 aromatic rings. The summed E-state index contributed by atoms with van der Waals surface area (Å²) in [6.07, 6.45) is 3.16. The largest absolute Gasteiger partial charge is 0.466 e. The van der Waals surface area contributed by atoms with E-state index in [-0.39, 0.29) is 11.4 Å². The number of fused-ring (bicyclic) bond motifs is 1. The molecule has 0 saturated heterocycles. The van der Waals surface area contributed by atoms with Crippen LogP contribution in [0, 0.1) is 0 Å². The molecule has 1 aliphatic rings. The molecule has 3 N–H and O–H groups in total. The minimum Gasteiger partial charge on any atom is -0.466 e. The minimum atomic E-state index is -0.687. The van der Waals surface area contributed by atoms with Gasteiger partial charge in [-0.15, -0.1) is 0 Å². The third-order valence-corrected chi connectivity index (χ3v) is 3.70. The van der Waals surface area contributed by atoms with E-state index in [1.807, 2.05) is 0 Å². The van der Waals surface area contributed by atoms with Gasteiger partial charge < -0.3 is 10.1 Å². The number of ether oxygens (including phenoxy) is 1. The van der Waals surface area contributed by atoms with Gasteiger partial charge in [0.1, 0.15) is 5.82 Å². The Bertz CT molecular complexity index is 911. The number of allylic oxidation sites excluding steroid dienone is 1. The van der Waals surface area contributed by atoms with Gasteiger partial charge >= 0.3 is 11.7 Å². The zero-order chi connectivity index (χ0) is 16.6. The number of aromatic amines is 2. The number of carbonyl (C=O) groups is 1. The maximum atomic E-state index is 12.3. The number of esters is 1. The highest BCUT2D eigenvalue weighted by Gasteiger charge is 2.35. The average molecular weight is 314 g/mol. The third-order valence-electron chi connectivity index (χ3n) is 3.70. The van der Waals surface area contributed by atoms with Crippen LogP contribution in [-0.4, -0.2) is 28.0 Å². The van der Waals surface area contributed by atoms with Crippen LogP contribution in [0.15, 0.2) is 45.4 Å². The number of rotatable bonds is 2. The summed E-state index contributed by atoms with van der Waals surface area (Å²) in [5, 5.41) is 2.89. The Morgan fingerprint density at radius 3 is 2.74 bits per heavy atom. The summed E-state index contributed by atoms with van der Waals surface area (Å²) in [7, 11) is 1.27. The molecule has 3 heterocycles. The van der Waals surface area contributed by atoms with Crippen LogP contribution in [0.4, 0.5) is 5.82 Å². The highest BCUT2D eigenvalue weighted by atomic mass is 16.5. The average Bonchev–Trinajstić information content (AvgIpc) is 2.53. The minimum absolute atomic E-state index is 0.239. The van der Waals surface area contributed by atoms with Gasteiger partial charge in [0.15, 0.2) is 0 Å². The number of nitrogens with zero attached hydrogens (tertiary/aromatic N) is 1. The van der Waals surface area contributed by atoms with Crippen LogP contribution >= 0.6 is 0 Å². The second-order valence-electron chi connectivity index (χ2n) is 5.07. The summed E-state index contributed by atoms with van der Waals surface area (Å²) < 4.78 is 4.85. The molecule has 0 spiro atoms. The molecule has 0 bridgehead atoms. The van der Waals surface area contributed by atoms with E-state index in [1.165, 1.54) is 7.11 Å². The van der Waals surface area contributed by atoms with Gasteiger partial charge in [0.25, 0.3) is 5.56 Å². The molecule has 3 rings (SSSR count). The second-order valence-corrected chi connectivity index (χ2v) is 5.07. The standard InChI is InChI=1S/C15H14N4O4/c1-7-9(14(21)23-2)10(8-4-3-5-16-6-8)11-12(17-7)18-15(22)19-13(11)20/h3-6,10H,1-2H3,(H3,17,18,19,20,22). The van der Waals surface area contributed by atoms with Crippen molar-refractivity contribution in [1.29, 1.82) is 0 Å². The molecule has 0 saturated carbocycles. The smallest absolute Gasteiger partial charge is 0.336 e. The quantitative estimate of drug-likeness (QED) is 0.693. The van der Waals surface area contributed by atoms with Gasteiger partial charge in [-0.2, -0.15) is 0 Å². The van der Waals surface area contributed by atoms with Crippen molar-refractivity contribution in [3.63, 3.8) is 0 Å². The highest BCUT2D eigenvalue weighted by molar-refractivity contribution is 5.94. The molecule has 0 aliphatic carbocycles. The second kappa shape index (κ2) is 5.56. The monoisotopic (exact) mass is 314 g/mol. The molecular weight excluding hydrogens is 300 g/mol. The summed E-state index contributed by atoms with van der Waals surface area (Å²) in [6, 6.07) is 3.47. The van der Waals surface area contributed by atoms with E-state index < -0.39 is 23.1 Å². The zero-order valence-corrected chi connectivity index (χ0v) is 12.5. The van der Waals surface area contributed by atoms with Crippen LogP contribution in [0.25, 0.3) is 0 Å². The van der Waals surface area contributed by atoms with Gasteiger partial charge in [-0.05, 0) is 18.6 Å². The molecule has 8 heteroatoms. The van der Waals surface area contributed by atoms with Crippen molar-refractivity contribution in [2.24, 2.45) is 0 Å². The molecule has 0 aromatic carbocycles. The van der Waals surface area contributed by atoms with Crippen molar-refractivity contribution in [3.05, 3.63) is 67.8 Å². The first kappa shape index (κ1) is 14.8. The van der Waals surface area contributed by atoms with Crippen LogP contribution in [0.2, 0.25) is 0 Å². The first-order valence-electron chi connectivity index (χ1n) is 6.85. The number of anilines is 1. The van der Waals surface area contributed by atoms with E-state index in [0.717, 1.165) is 0 Å². The van der Waals surface area contributed by atoms with Crippen LogP contribution in [0.5, 0.6) is 0 Å². The molecular formula is C15H14N4O4. The molecule has 1 atom stereocenters. The van der Waals surface area contributed by atoms with Crippen molar-refractivity contribution < 1.29 is 9.53 Å². The Hall–Kier alpha value is -3.16. The molecule has 118 valence electrons. The Morgan fingerprint density at radius 1 is 1.30 bits per heavy atom. The molecule has 1 unspecified atom stereocenters. The van der Waals surface area contributed by atoms with Crippen molar-refractivity contribution >= 4 is 11.8 Å². The number of hydrogen-bond donors (Lipinski definition) is 3. The first-order chi connectivity index (χ1) is 11.0. The molecule has 0 radical (unpaired) electrons. The van der Waals surface area contributed by atoms with E-state index in [0.29, 0.717) is 16.8 Å². The third kappa shape index (κ3) is 2.44. The van der Waals surface area contributed by atoms with Crippen molar-refractivity contribution in [1.82, 2.24) is 15.0 Å². The van der Waals surface area contributed by atoms with Crippen LogP contribution < -0.4 is 16.6 Å². The van der Waals surface area contributed by atoms with Crippen molar-refractivity contribution in [3.8, 4) is 0 Å². The van der Waals surface area contributed by atoms with Gasteiger partial charge in [-0.1, -0.05) is 6.07 Å². The fourth-order valence-corrected chi connectivity index (χ4v) is 2.75. The van der Waals surface area contributed by atoms with Crippen LogP contribution in [-0.2, 0) is 9.53 Å². The number of H-pyrrole nitrogens is 2. The van der Waals surface area contributed by atoms with Crippen LogP contribution in [0.3, 0.4) is 0 Å². The topological polar surface area (TPSA) is 117 Å². The Labute approximate surface area is 130 Å². The Kier molecular flexibility index (Phi) is 3.57. The summed E-state index contributed by atoms with van der Waals surface area (Å²) >= 11 is 0. The van der Waals surface area contributed by atoms with Gasteiger partial charge in [-0.3, -0.25) is 19.7 Å². The summed E-state index contributed by atoms with van der Waals surface area (Å²) in [5.74, 6) is -0.981. The van der Waals surface area contributed by atoms with E-state index in [2.05, 4.69) is 20.3 Å². The maximum Gasteiger partial charge on any atom is 0.336 e. The summed E-state index contributed by atoms with van der Waals surface area (Å²) in [6.45, 7) is 1.68. The van der Waals surface area contributed by atoms with Crippen molar-refractivity contribution in [2.45, 2.75) is 12.8 Å². The summed E-state index contributed by atoms with van der Waals surface area (Å²) in [5.41, 5.74) is 0.487. The van der Waals surface area contributed by atoms with Gasteiger partial charge in [0.05, 0.1) is 24.2 Å². The predicted octanol–water partition coefficient (Wildman–Crippen LogP) is 0.463. The lowest BCUT2D eigenvalue weighted by molar-refractivity contribution is -0.136. The van der Waals surface area contributed by atoms with Crippen molar-refractivity contribution in [2.75, 3.05) is 12.4 Å². The number of carbonyl (C=O) groups excluding carboxylic acids is 1. The van der Waals surface area contributed by atoms with E-state index >= 15 is 0 Å². The molecule has 8 nitrogen and oxygen atoms in total. The normalized spacial score (nSPS) is 16.5. The fourth-order valence-electron chi connectivity index (χ4n) is 2.75. The SMILES string of the molecule is COC(=O)C1=C(C)Nc2[nH]c(=O)[nH]c(=O)c2C1c1cccnc1. The fraction of sp³-hybridized carbons (Fsp3) is 0.200. The van der Waals surface area contributed by atoms with Gasteiger partial charge in [-0.25, -0.2) is 9.59 Å². The first-order valence-corrected chi connectivity index (χ1v) is 6.85.